The van der Waals surface area contributed by atoms with E-state index in [2.05, 4.69) is 10.3 Å². The van der Waals surface area contributed by atoms with Crippen LogP contribution in [-0.4, -0.2) is 23.6 Å². The van der Waals surface area contributed by atoms with E-state index in [4.69, 9.17) is 10.00 Å². The highest BCUT2D eigenvalue weighted by molar-refractivity contribution is 5.79. The Morgan fingerprint density at radius 3 is 2.70 bits per heavy atom. The number of nitriles is 1. The molecule has 0 aliphatic carbocycles. The van der Waals surface area contributed by atoms with Crippen molar-refractivity contribution >= 4 is 11.8 Å². The predicted octanol–water partition coefficient (Wildman–Crippen LogP) is 2.34. The summed E-state index contributed by atoms with van der Waals surface area (Å²) in [6.07, 6.45) is -4.63. The number of ether oxygens (including phenoxy) is 1. The molecule has 1 unspecified atom stereocenters. The van der Waals surface area contributed by atoms with Gasteiger partial charge in [0.05, 0.1) is 12.2 Å². The summed E-state index contributed by atoms with van der Waals surface area (Å²) in [5.74, 6) is -0.946. The zero-order chi connectivity index (χ0) is 15.3. The fraction of sp³-hybridized carbons (Fsp3) is 0.417. The van der Waals surface area contributed by atoms with E-state index in [1.807, 2.05) is 0 Å². The molecule has 1 N–H and O–H groups in total. The van der Waals surface area contributed by atoms with Gasteiger partial charge in [0, 0.05) is 0 Å². The second kappa shape index (κ2) is 6.23. The Morgan fingerprint density at radius 2 is 2.20 bits per heavy atom. The lowest BCUT2D eigenvalue weighted by Gasteiger charge is -2.15. The third kappa shape index (κ3) is 3.85. The lowest BCUT2D eigenvalue weighted by Crippen LogP contribution is -2.29. The highest BCUT2D eigenvalue weighted by Gasteiger charge is 2.33. The van der Waals surface area contributed by atoms with Crippen LogP contribution in [0.5, 0.6) is 0 Å². The third-order valence-electron chi connectivity index (χ3n) is 2.30. The molecule has 0 aromatic carbocycles. The smallest absolute Gasteiger partial charge is 0.433 e. The monoisotopic (exact) mass is 287 g/mol. The number of anilines is 1. The minimum absolute atomic E-state index is 0.0888. The molecular weight excluding hydrogens is 275 g/mol. The van der Waals surface area contributed by atoms with E-state index < -0.39 is 23.9 Å². The van der Waals surface area contributed by atoms with Crippen molar-refractivity contribution in [1.29, 1.82) is 5.26 Å². The first-order valence-electron chi connectivity index (χ1n) is 5.71. The summed E-state index contributed by atoms with van der Waals surface area (Å²) in [7, 11) is 0. The number of esters is 1. The zero-order valence-electron chi connectivity index (χ0n) is 10.8. The SMILES string of the molecule is CCOC(=O)C(C)Nc1nc(C(F)(F)F)ccc1C#N. The fourth-order valence-electron chi connectivity index (χ4n) is 1.35. The highest BCUT2D eigenvalue weighted by atomic mass is 19.4. The van der Waals surface area contributed by atoms with Crippen LogP contribution in [0.2, 0.25) is 0 Å². The van der Waals surface area contributed by atoms with Gasteiger partial charge in [-0.2, -0.15) is 18.4 Å². The Hall–Kier alpha value is -2.30. The zero-order valence-corrected chi connectivity index (χ0v) is 10.8. The summed E-state index contributed by atoms with van der Waals surface area (Å²) >= 11 is 0. The molecule has 20 heavy (non-hydrogen) atoms. The van der Waals surface area contributed by atoms with Crippen LogP contribution in [0.1, 0.15) is 25.1 Å². The van der Waals surface area contributed by atoms with Crippen LogP contribution in [0.15, 0.2) is 12.1 Å². The standard InChI is InChI=1S/C12H12F3N3O2/c1-3-20-11(19)7(2)17-10-8(6-16)4-5-9(18-10)12(13,14)15/h4-5,7H,3H2,1-2H3,(H,17,18). The van der Waals surface area contributed by atoms with Gasteiger partial charge in [-0.3, -0.25) is 0 Å². The van der Waals surface area contributed by atoms with Gasteiger partial charge >= 0.3 is 12.1 Å². The van der Waals surface area contributed by atoms with Crippen LogP contribution in [0.3, 0.4) is 0 Å². The topological polar surface area (TPSA) is 75.0 Å². The molecule has 1 aromatic heterocycles. The Kier molecular flexibility index (Phi) is 4.91. The molecule has 0 fully saturated rings. The predicted molar refractivity (Wildman–Crippen MR) is 63.7 cm³/mol. The van der Waals surface area contributed by atoms with Gasteiger partial charge in [0.1, 0.15) is 23.6 Å². The van der Waals surface area contributed by atoms with E-state index in [1.165, 1.54) is 6.92 Å². The van der Waals surface area contributed by atoms with Crippen molar-refractivity contribution in [3.63, 3.8) is 0 Å². The van der Waals surface area contributed by atoms with Crippen molar-refractivity contribution in [2.24, 2.45) is 0 Å². The number of halogens is 3. The maximum absolute atomic E-state index is 12.6. The quantitative estimate of drug-likeness (QED) is 0.860. The molecule has 1 atom stereocenters. The maximum Gasteiger partial charge on any atom is 0.433 e. The summed E-state index contributed by atoms with van der Waals surface area (Å²) in [4.78, 5) is 14.7. The first-order chi connectivity index (χ1) is 9.29. The molecule has 0 bridgehead atoms. The average Bonchev–Trinajstić information content (AvgIpc) is 2.37. The van der Waals surface area contributed by atoms with Crippen molar-refractivity contribution < 1.29 is 22.7 Å². The first kappa shape index (κ1) is 15.8. The summed E-state index contributed by atoms with van der Waals surface area (Å²) in [6.45, 7) is 3.15. The number of alkyl halides is 3. The minimum Gasteiger partial charge on any atom is -0.464 e. The molecule has 5 nitrogen and oxygen atoms in total. The van der Waals surface area contributed by atoms with Crippen LogP contribution >= 0.6 is 0 Å². The number of pyridine rings is 1. The Labute approximate surface area is 113 Å². The van der Waals surface area contributed by atoms with Crippen LogP contribution in [-0.2, 0) is 15.7 Å². The molecule has 0 radical (unpaired) electrons. The van der Waals surface area contributed by atoms with Gasteiger partial charge in [-0.25, -0.2) is 9.78 Å². The molecule has 8 heteroatoms. The van der Waals surface area contributed by atoms with Crippen molar-refractivity contribution in [2.75, 3.05) is 11.9 Å². The third-order valence-corrected chi connectivity index (χ3v) is 2.30. The van der Waals surface area contributed by atoms with Gasteiger partial charge < -0.3 is 10.1 Å². The van der Waals surface area contributed by atoms with E-state index in [0.29, 0.717) is 6.07 Å². The van der Waals surface area contributed by atoms with Gasteiger partial charge in [-0.1, -0.05) is 0 Å². The van der Waals surface area contributed by atoms with Crippen LogP contribution in [0.4, 0.5) is 19.0 Å². The molecule has 0 amide bonds. The summed E-state index contributed by atoms with van der Waals surface area (Å²) in [5.41, 5.74) is -1.23. The number of nitrogens with zero attached hydrogens (tertiary/aromatic N) is 2. The summed E-state index contributed by atoms with van der Waals surface area (Å²) in [6, 6.07) is 2.49. The van der Waals surface area contributed by atoms with E-state index in [1.54, 1.807) is 13.0 Å². The lowest BCUT2D eigenvalue weighted by atomic mass is 10.2. The normalized spacial score (nSPS) is 12.4. The molecule has 108 valence electrons. The van der Waals surface area contributed by atoms with E-state index >= 15 is 0 Å². The molecule has 0 aliphatic rings. The second-order valence-electron chi connectivity index (χ2n) is 3.82. The molecule has 0 saturated heterocycles. The number of carbonyl (C=O) groups is 1. The van der Waals surface area contributed by atoms with Crippen molar-refractivity contribution in [3.8, 4) is 6.07 Å². The fourth-order valence-corrected chi connectivity index (χ4v) is 1.35. The second-order valence-corrected chi connectivity index (χ2v) is 3.82. The summed E-state index contributed by atoms with van der Waals surface area (Å²) < 4.78 is 42.4. The molecule has 1 heterocycles. The van der Waals surface area contributed by atoms with E-state index in [-0.39, 0.29) is 18.0 Å². The molecular formula is C12H12F3N3O2. The van der Waals surface area contributed by atoms with Gasteiger partial charge in [0.15, 0.2) is 0 Å². The number of nitrogens with one attached hydrogen (secondary N) is 1. The number of rotatable bonds is 4. The minimum atomic E-state index is -4.63. The number of hydrogen-bond donors (Lipinski definition) is 1. The first-order valence-corrected chi connectivity index (χ1v) is 5.71. The van der Waals surface area contributed by atoms with Crippen molar-refractivity contribution in [2.45, 2.75) is 26.1 Å². The number of carbonyl (C=O) groups excluding carboxylic acids is 1. The lowest BCUT2D eigenvalue weighted by molar-refractivity contribution is -0.143. The van der Waals surface area contributed by atoms with Gasteiger partial charge in [-0.15, -0.1) is 0 Å². The number of hydrogen-bond acceptors (Lipinski definition) is 5. The van der Waals surface area contributed by atoms with Crippen LogP contribution < -0.4 is 5.32 Å². The van der Waals surface area contributed by atoms with Crippen molar-refractivity contribution in [3.05, 3.63) is 23.4 Å². The Bertz CT molecular complexity index is 538. The molecule has 0 spiro atoms. The van der Waals surface area contributed by atoms with Crippen LogP contribution in [0.25, 0.3) is 0 Å². The largest absolute Gasteiger partial charge is 0.464 e. The molecule has 0 saturated carbocycles. The van der Waals surface area contributed by atoms with Gasteiger partial charge in [0.25, 0.3) is 0 Å². The van der Waals surface area contributed by atoms with Gasteiger partial charge in [-0.05, 0) is 26.0 Å². The van der Waals surface area contributed by atoms with E-state index in [0.717, 1.165) is 6.07 Å². The van der Waals surface area contributed by atoms with E-state index in [9.17, 15) is 18.0 Å². The average molecular weight is 287 g/mol. The number of aromatic nitrogens is 1. The molecule has 1 aromatic rings. The Balaban J connectivity index is 3.04. The maximum atomic E-state index is 12.6. The molecule has 0 aliphatic heterocycles. The van der Waals surface area contributed by atoms with Gasteiger partial charge in [0.2, 0.25) is 0 Å². The Morgan fingerprint density at radius 1 is 1.55 bits per heavy atom. The summed E-state index contributed by atoms with van der Waals surface area (Å²) in [5, 5.41) is 11.3. The molecule has 1 rings (SSSR count). The van der Waals surface area contributed by atoms with Crippen LogP contribution in [0, 0.1) is 11.3 Å². The highest BCUT2D eigenvalue weighted by Crippen LogP contribution is 2.29. The van der Waals surface area contributed by atoms with Crippen molar-refractivity contribution in [1.82, 2.24) is 4.98 Å².